The fourth-order valence-electron chi connectivity index (χ4n) is 3.19. The maximum Gasteiger partial charge on any atom is 0.258 e. The number of nitrogens with zero attached hydrogens (tertiary/aromatic N) is 4. The molecule has 0 amide bonds. The third-order valence-electron chi connectivity index (χ3n) is 4.73. The maximum absolute atomic E-state index is 12.8. The van der Waals surface area contributed by atoms with Crippen LogP contribution in [-0.2, 0) is 16.6 Å². The Morgan fingerprint density at radius 2 is 1.81 bits per heavy atom. The molecule has 1 aliphatic rings. The zero-order chi connectivity index (χ0) is 19.0. The molecule has 1 fully saturated rings. The fraction of sp³-hybridized carbons (Fsp3) is 0.333. The lowest BCUT2D eigenvalue weighted by molar-refractivity contribution is 0.180. The van der Waals surface area contributed by atoms with Crippen molar-refractivity contribution in [1.82, 2.24) is 18.6 Å². The van der Waals surface area contributed by atoms with E-state index in [1.54, 1.807) is 24.4 Å². The highest BCUT2D eigenvalue weighted by Crippen LogP contribution is 2.19. The zero-order valence-corrected chi connectivity index (χ0v) is 16.5. The van der Waals surface area contributed by atoms with Crippen molar-refractivity contribution in [2.75, 3.05) is 26.2 Å². The maximum atomic E-state index is 12.8. The van der Waals surface area contributed by atoms with Crippen LogP contribution in [0.1, 0.15) is 11.3 Å². The van der Waals surface area contributed by atoms with E-state index in [1.807, 2.05) is 24.4 Å². The van der Waals surface area contributed by atoms with Crippen molar-refractivity contribution in [2.45, 2.75) is 18.4 Å². The molecule has 1 saturated heterocycles. The van der Waals surface area contributed by atoms with Crippen molar-refractivity contribution >= 4 is 26.3 Å². The van der Waals surface area contributed by atoms with E-state index in [-0.39, 0.29) is 5.56 Å². The van der Waals surface area contributed by atoms with Crippen molar-refractivity contribution in [1.29, 1.82) is 0 Å². The number of piperazine rings is 1. The van der Waals surface area contributed by atoms with Gasteiger partial charge in [0.15, 0.2) is 4.96 Å². The molecule has 2 aromatic heterocycles. The molecule has 0 N–H and O–H groups in total. The minimum Gasteiger partial charge on any atom is -0.295 e. The average molecular weight is 405 g/mol. The summed E-state index contributed by atoms with van der Waals surface area (Å²) in [5.74, 6) is 0. The molecule has 1 aromatic carbocycles. The van der Waals surface area contributed by atoms with E-state index in [4.69, 9.17) is 0 Å². The first-order chi connectivity index (χ1) is 12.9. The summed E-state index contributed by atoms with van der Waals surface area (Å²) in [4.78, 5) is 19.8. The van der Waals surface area contributed by atoms with Gasteiger partial charge in [-0.15, -0.1) is 11.3 Å². The number of sulfonamides is 1. The molecule has 27 heavy (non-hydrogen) atoms. The first-order valence-electron chi connectivity index (χ1n) is 8.68. The van der Waals surface area contributed by atoms with Crippen LogP contribution in [0.25, 0.3) is 4.96 Å². The third kappa shape index (κ3) is 3.68. The standard InChI is InChI=1S/C18H20N4O3S2/c1-14-2-4-16(5-3-14)27(24,25)21-8-6-20(7-9-21)13-15-12-17(23)22-10-11-26-18(22)19-15/h2-5,10-12H,6-9,13H2,1H3. The third-order valence-corrected chi connectivity index (χ3v) is 7.40. The Kier molecular flexibility index (Phi) is 4.85. The first-order valence-corrected chi connectivity index (χ1v) is 11.0. The van der Waals surface area contributed by atoms with Crippen molar-refractivity contribution < 1.29 is 8.42 Å². The molecule has 0 saturated carbocycles. The summed E-state index contributed by atoms with van der Waals surface area (Å²) >= 11 is 1.43. The molecule has 0 atom stereocenters. The highest BCUT2D eigenvalue weighted by molar-refractivity contribution is 7.89. The molecule has 142 valence electrons. The summed E-state index contributed by atoms with van der Waals surface area (Å²) < 4.78 is 28.6. The number of benzene rings is 1. The quantitative estimate of drug-likeness (QED) is 0.660. The molecule has 3 aromatic rings. The van der Waals surface area contributed by atoms with Crippen LogP contribution < -0.4 is 5.56 Å². The minimum atomic E-state index is -3.46. The van der Waals surface area contributed by atoms with E-state index in [0.29, 0.717) is 42.6 Å². The van der Waals surface area contributed by atoms with E-state index in [2.05, 4.69) is 9.88 Å². The molecule has 0 radical (unpaired) electrons. The van der Waals surface area contributed by atoms with Gasteiger partial charge in [-0.1, -0.05) is 17.7 Å². The molecule has 7 nitrogen and oxygen atoms in total. The van der Waals surface area contributed by atoms with Gasteiger partial charge in [-0.05, 0) is 19.1 Å². The van der Waals surface area contributed by atoms with Crippen LogP contribution in [0.2, 0.25) is 0 Å². The van der Waals surface area contributed by atoms with E-state index < -0.39 is 10.0 Å². The van der Waals surface area contributed by atoms with Crippen LogP contribution in [0.3, 0.4) is 0 Å². The van der Waals surface area contributed by atoms with E-state index in [9.17, 15) is 13.2 Å². The second-order valence-corrected chi connectivity index (χ2v) is 9.45. The number of hydrogen-bond acceptors (Lipinski definition) is 6. The van der Waals surface area contributed by atoms with Crippen LogP contribution in [0.4, 0.5) is 0 Å². The van der Waals surface area contributed by atoms with Gasteiger partial charge < -0.3 is 0 Å². The number of aromatic nitrogens is 2. The number of hydrogen-bond donors (Lipinski definition) is 0. The highest BCUT2D eigenvalue weighted by Gasteiger charge is 2.28. The normalized spacial score (nSPS) is 16.8. The molecule has 0 spiro atoms. The summed E-state index contributed by atoms with van der Waals surface area (Å²) in [7, 11) is -3.46. The number of thiazole rings is 1. The summed E-state index contributed by atoms with van der Waals surface area (Å²) in [5.41, 5.74) is 1.67. The molecular formula is C18H20N4O3S2. The Hall–Kier alpha value is -2.07. The second kappa shape index (κ2) is 7.16. The molecule has 0 bridgehead atoms. The van der Waals surface area contributed by atoms with Crippen LogP contribution >= 0.6 is 11.3 Å². The molecular weight excluding hydrogens is 384 g/mol. The molecule has 0 aliphatic carbocycles. The number of aryl methyl sites for hydroxylation is 1. The van der Waals surface area contributed by atoms with Crippen molar-refractivity contribution in [2.24, 2.45) is 0 Å². The molecule has 9 heteroatoms. The van der Waals surface area contributed by atoms with Gasteiger partial charge in [-0.2, -0.15) is 4.31 Å². The Morgan fingerprint density at radius 1 is 1.11 bits per heavy atom. The number of rotatable bonds is 4. The van der Waals surface area contributed by atoms with Gasteiger partial charge in [-0.25, -0.2) is 13.4 Å². The molecule has 3 heterocycles. The summed E-state index contributed by atoms with van der Waals surface area (Å²) in [5, 5.41) is 1.84. The van der Waals surface area contributed by atoms with Crippen molar-refractivity contribution in [3.8, 4) is 0 Å². The summed E-state index contributed by atoms with van der Waals surface area (Å²) in [6.07, 6.45) is 1.72. The minimum absolute atomic E-state index is 0.0863. The van der Waals surface area contributed by atoms with Gasteiger partial charge in [0.25, 0.3) is 5.56 Å². The lowest BCUT2D eigenvalue weighted by atomic mass is 10.2. The predicted octanol–water partition coefficient (Wildman–Crippen LogP) is 1.57. The Labute approximate surface area is 161 Å². The van der Waals surface area contributed by atoms with Crippen molar-refractivity contribution in [3.05, 3.63) is 63.5 Å². The van der Waals surface area contributed by atoms with Gasteiger partial charge in [0.1, 0.15) is 0 Å². The Bertz CT molecular complexity index is 1110. The van der Waals surface area contributed by atoms with Gasteiger partial charge in [-0.3, -0.25) is 14.1 Å². The Morgan fingerprint density at radius 3 is 2.52 bits per heavy atom. The van der Waals surface area contributed by atoms with Crippen LogP contribution in [0.5, 0.6) is 0 Å². The Balaban J connectivity index is 1.43. The summed E-state index contributed by atoms with van der Waals surface area (Å²) in [6.45, 7) is 4.55. The van der Waals surface area contributed by atoms with Gasteiger partial charge >= 0.3 is 0 Å². The molecule has 0 unspecified atom stereocenters. The van der Waals surface area contributed by atoms with Crippen LogP contribution in [-0.4, -0.2) is 53.2 Å². The van der Waals surface area contributed by atoms with E-state index in [0.717, 1.165) is 11.3 Å². The van der Waals surface area contributed by atoms with Gasteiger partial charge in [0, 0.05) is 50.4 Å². The van der Waals surface area contributed by atoms with E-state index in [1.165, 1.54) is 20.0 Å². The van der Waals surface area contributed by atoms with E-state index >= 15 is 0 Å². The predicted molar refractivity (Wildman–Crippen MR) is 105 cm³/mol. The van der Waals surface area contributed by atoms with Gasteiger partial charge in [0.05, 0.1) is 10.6 Å². The first kappa shape index (κ1) is 18.3. The second-order valence-electron chi connectivity index (χ2n) is 6.63. The highest BCUT2D eigenvalue weighted by atomic mass is 32.2. The topological polar surface area (TPSA) is 75.0 Å². The lowest BCUT2D eigenvalue weighted by Gasteiger charge is -2.33. The smallest absolute Gasteiger partial charge is 0.258 e. The zero-order valence-electron chi connectivity index (χ0n) is 14.9. The molecule has 1 aliphatic heterocycles. The van der Waals surface area contributed by atoms with Crippen LogP contribution in [0, 0.1) is 6.92 Å². The lowest BCUT2D eigenvalue weighted by Crippen LogP contribution is -2.48. The number of fused-ring (bicyclic) bond motifs is 1. The largest absolute Gasteiger partial charge is 0.295 e. The van der Waals surface area contributed by atoms with Crippen LogP contribution in [0.15, 0.2) is 51.6 Å². The summed E-state index contributed by atoms with van der Waals surface area (Å²) in [6, 6.07) is 8.49. The monoisotopic (exact) mass is 404 g/mol. The van der Waals surface area contributed by atoms with Crippen molar-refractivity contribution in [3.63, 3.8) is 0 Å². The van der Waals surface area contributed by atoms with Gasteiger partial charge in [0.2, 0.25) is 10.0 Å². The average Bonchev–Trinajstić information content (AvgIpc) is 3.12. The SMILES string of the molecule is Cc1ccc(S(=O)(=O)N2CCN(Cc3cc(=O)n4ccsc4n3)CC2)cc1. The fourth-order valence-corrected chi connectivity index (χ4v) is 5.35. The molecule has 4 rings (SSSR count).